The van der Waals surface area contributed by atoms with Crippen LogP contribution in [0.15, 0.2) is 17.2 Å². The molecule has 88 valence electrons. The maximum Gasteiger partial charge on any atom is 0.0728 e. The fraction of sp³-hybridized carbons (Fsp3) is 0.615. The Morgan fingerprint density at radius 2 is 2.06 bits per heavy atom. The highest BCUT2D eigenvalue weighted by atomic mass is 32.2. The van der Waals surface area contributed by atoms with E-state index in [0.717, 1.165) is 6.54 Å². The van der Waals surface area contributed by atoms with Crippen molar-refractivity contribution >= 4 is 17.4 Å². The lowest BCUT2D eigenvalue weighted by molar-refractivity contribution is 0.677. The van der Waals surface area contributed by atoms with Crippen molar-refractivity contribution in [1.29, 1.82) is 0 Å². The Balaban J connectivity index is 2.51. The van der Waals surface area contributed by atoms with Crippen LogP contribution in [0.2, 0.25) is 0 Å². The first-order valence-electron chi connectivity index (χ1n) is 5.99. The van der Waals surface area contributed by atoms with Gasteiger partial charge in [0.25, 0.3) is 0 Å². The summed E-state index contributed by atoms with van der Waals surface area (Å²) in [4.78, 5) is 8.46. The molecule has 0 radical (unpaired) electrons. The molecule has 1 aliphatic rings. The monoisotopic (exact) mass is 236 g/mol. The molecule has 0 unspecified atom stereocenters. The van der Waals surface area contributed by atoms with E-state index in [2.05, 4.69) is 43.6 Å². The van der Waals surface area contributed by atoms with Crippen molar-refractivity contribution in [1.82, 2.24) is 4.98 Å². The van der Waals surface area contributed by atoms with Crippen LogP contribution in [-0.4, -0.2) is 23.3 Å². The molecule has 2 heterocycles. The molecule has 0 aliphatic carbocycles. The van der Waals surface area contributed by atoms with Gasteiger partial charge in [0.05, 0.1) is 11.4 Å². The predicted octanol–water partition coefficient (Wildman–Crippen LogP) is 3.53. The first-order chi connectivity index (χ1) is 7.61. The summed E-state index contributed by atoms with van der Waals surface area (Å²) in [5.41, 5.74) is 2.63. The minimum absolute atomic E-state index is 0.495. The molecule has 0 saturated heterocycles. The van der Waals surface area contributed by atoms with Gasteiger partial charge in [-0.25, -0.2) is 0 Å². The SMILES string of the molecule is CC(C)c1nccc2c1N(C(C)C)CCS2. The second-order valence-corrected chi connectivity index (χ2v) is 5.97. The van der Waals surface area contributed by atoms with Gasteiger partial charge in [-0.2, -0.15) is 0 Å². The zero-order valence-corrected chi connectivity index (χ0v) is 11.3. The molecule has 0 fully saturated rings. The van der Waals surface area contributed by atoms with Crippen LogP contribution in [0.3, 0.4) is 0 Å². The molecule has 1 aliphatic heterocycles. The quantitative estimate of drug-likeness (QED) is 0.781. The number of anilines is 1. The van der Waals surface area contributed by atoms with Crippen LogP contribution in [0.25, 0.3) is 0 Å². The molecular formula is C13H20N2S. The first kappa shape index (κ1) is 11.8. The van der Waals surface area contributed by atoms with Gasteiger partial charge in [-0.3, -0.25) is 4.98 Å². The van der Waals surface area contributed by atoms with E-state index in [1.165, 1.54) is 22.0 Å². The minimum Gasteiger partial charge on any atom is -0.366 e. The summed E-state index contributed by atoms with van der Waals surface area (Å²) in [6, 6.07) is 2.71. The lowest BCUT2D eigenvalue weighted by atomic mass is 10.1. The van der Waals surface area contributed by atoms with Crippen molar-refractivity contribution in [2.45, 2.75) is 44.6 Å². The molecule has 16 heavy (non-hydrogen) atoms. The zero-order valence-electron chi connectivity index (χ0n) is 10.5. The van der Waals surface area contributed by atoms with Crippen molar-refractivity contribution in [3.8, 4) is 0 Å². The number of nitrogens with zero attached hydrogens (tertiary/aromatic N) is 2. The van der Waals surface area contributed by atoms with Gasteiger partial charge >= 0.3 is 0 Å². The third kappa shape index (κ3) is 2.05. The van der Waals surface area contributed by atoms with E-state index in [0.29, 0.717) is 12.0 Å². The number of fused-ring (bicyclic) bond motifs is 1. The summed E-state index contributed by atoms with van der Waals surface area (Å²) in [6.45, 7) is 10.1. The normalized spacial score (nSPS) is 15.8. The molecule has 0 aromatic carbocycles. The van der Waals surface area contributed by atoms with Crippen LogP contribution in [0.4, 0.5) is 5.69 Å². The number of rotatable bonds is 2. The molecule has 0 spiro atoms. The molecule has 2 rings (SSSR count). The van der Waals surface area contributed by atoms with Gasteiger partial charge in [0.2, 0.25) is 0 Å². The maximum atomic E-state index is 4.57. The van der Waals surface area contributed by atoms with Crippen molar-refractivity contribution in [3.63, 3.8) is 0 Å². The van der Waals surface area contributed by atoms with Gasteiger partial charge in [-0.15, -0.1) is 11.8 Å². The topological polar surface area (TPSA) is 16.1 Å². The Labute approximate surface area is 102 Å². The zero-order chi connectivity index (χ0) is 11.7. The summed E-state index contributed by atoms with van der Waals surface area (Å²) >= 11 is 1.96. The van der Waals surface area contributed by atoms with Crippen molar-refractivity contribution in [2.75, 3.05) is 17.2 Å². The third-order valence-electron chi connectivity index (χ3n) is 2.96. The predicted molar refractivity (Wildman–Crippen MR) is 71.5 cm³/mol. The Morgan fingerprint density at radius 3 is 2.69 bits per heavy atom. The van der Waals surface area contributed by atoms with Crippen LogP contribution in [0, 0.1) is 0 Å². The Hall–Kier alpha value is -0.700. The lowest BCUT2D eigenvalue weighted by Crippen LogP contribution is -2.36. The number of aromatic nitrogens is 1. The molecule has 3 heteroatoms. The van der Waals surface area contributed by atoms with Gasteiger partial charge in [0.1, 0.15) is 0 Å². The Bertz CT molecular complexity index is 374. The van der Waals surface area contributed by atoms with Crippen molar-refractivity contribution in [3.05, 3.63) is 18.0 Å². The average Bonchev–Trinajstić information content (AvgIpc) is 2.27. The largest absolute Gasteiger partial charge is 0.366 e. The Morgan fingerprint density at radius 1 is 1.31 bits per heavy atom. The fourth-order valence-corrected chi connectivity index (χ4v) is 3.18. The number of hydrogen-bond acceptors (Lipinski definition) is 3. The van der Waals surface area contributed by atoms with Crippen molar-refractivity contribution in [2.24, 2.45) is 0 Å². The van der Waals surface area contributed by atoms with E-state index in [9.17, 15) is 0 Å². The van der Waals surface area contributed by atoms with E-state index in [1.807, 2.05) is 18.0 Å². The molecule has 1 aromatic heterocycles. The molecular weight excluding hydrogens is 216 g/mol. The minimum atomic E-state index is 0.495. The summed E-state index contributed by atoms with van der Waals surface area (Å²) < 4.78 is 0. The molecule has 0 amide bonds. The standard InChI is InChI=1S/C13H20N2S/c1-9(2)12-13-11(5-6-14-12)16-8-7-15(13)10(3)4/h5-6,9-10H,7-8H2,1-4H3. The fourth-order valence-electron chi connectivity index (χ4n) is 2.16. The number of hydrogen-bond donors (Lipinski definition) is 0. The van der Waals surface area contributed by atoms with E-state index in [4.69, 9.17) is 0 Å². The summed E-state index contributed by atoms with van der Waals surface area (Å²) in [5, 5.41) is 0. The van der Waals surface area contributed by atoms with Crippen LogP contribution < -0.4 is 4.90 Å². The van der Waals surface area contributed by atoms with Crippen molar-refractivity contribution < 1.29 is 0 Å². The van der Waals surface area contributed by atoms with E-state index >= 15 is 0 Å². The first-order valence-corrected chi connectivity index (χ1v) is 6.98. The van der Waals surface area contributed by atoms with Crippen LogP contribution in [-0.2, 0) is 0 Å². The van der Waals surface area contributed by atoms with Crippen LogP contribution in [0.1, 0.15) is 39.3 Å². The van der Waals surface area contributed by atoms with Gasteiger partial charge in [-0.1, -0.05) is 13.8 Å². The molecule has 0 saturated carbocycles. The van der Waals surface area contributed by atoms with Gasteiger partial charge < -0.3 is 4.90 Å². The highest BCUT2D eigenvalue weighted by Gasteiger charge is 2.24. The lowest BCUT2D eigenvalue weighted by Gasteiger charge is -2.36. The summed E-state index contributed by atoms with van der Waals surface area (Å²) in [7, 11) is 0. The highest BCUT2D eigenvalue weighted by Crippen LogP contribution is 2.39. The van der Waals surface area contributed by atoms with Crippen LogP contribution >= 0.6 is 11.8 Å². The maximum absolute atomic E-state index is 4.57. The summed E-state index contributed by atoms with van der Waals surface area (Å²) in [5.74, 6) is 1.68. The molecule has 0 N–H and O–H groups in total. The smallest absolute Gasteiger partial charge is 0.0728 e. The van der Waals surface area contributed by atoms with Crippen LogP contribution in [0.5, 0.6) is 0 Å². The van der Waals surface area contributed by atoms with Gasteiger partial charge in [0.15, 0.2) is 0 Å². The molecule has 0 bridgehead atoms. The number of pyridine rings is 1. The third-order valence-corrected chi connectivity index (χ3v) is 3.99. The average molecular weight is 236 g/mol. The molecule has 2 nitrogen and oxygen atoms in total. The summed E-state index contributed by atoms with van der Waals surface area (Å²) in [6.07, 6.45) is 1.95. The highest BCUT2D eigenvalue weighted by molar-refractivity contribution is 7.99. The van der Waals surface area contributed by atoms with E-state index in [-0.39, 0.29) is 0 Å². The molecule has 1 aromatic rings. The second kappa shape index (κ2) is 4.66. The van der Waals surface area contributed by atoms with Gasteiger partial charge in [0, 0.05) is 29.4 Å². The Kier molecular flexibility index (Phi) is 3.43. The van der Waals surface area contributed by atoms with E-state index in [1.54, 1.807) is 0 Å². The number of thioether (sulfide) groups is 1. The second-order valence-electron chi connectivity index (χ2n) is 4.83. The van der Waals surface area contributed by atoms with Gasteiger partial charge in [-0.05, 0) is 25.8 Å². The van der Waals surface area contributed by atoms with E-state index < -0.39 is 0 Å². The molecule has 0 atom stereocenters.